The SMILES string of the molecule is Cc1cnn(CCNS(=O)(=O)c2ccc(CN)c(Cl)c2)c1. The minimum absolute atomic E-state index is 0.126. The molecular formula is C13H17ClN4O2S. The molecule has 2 rings (SSSR count). The van der Waals surface area contributed by atoms with Crippen LogP contribution in [0.15, 0.2) is 35.5 Å². The second-order valence-corrected chi connectivity index (χ2v) is 6.81. The van der Waals surface area contributed by atoms with Gasteiger partial charge in [-0.1, -0.05) is 17.7 Å². The van der Waals surface area contributed by atoms with Gasteiger partial charge in [0.1, 0.15) is 0 Å². The van der Waals surface area contributed by atoms with Crippen LogP contribution in [0.1, 0.15) is 11.1 Å². The zero-order valence-corrected chi connectivity index (χ0v) is 13.2. The van der Waals surface area contributed by atoms with E-state index in [1.807, 2.05) is 13.1 Å². The predicted octanol–water partition coefficient (Wildman–Crippen LogP) is 1.28. The van der Waals surface area contributed by atoms with Crippen LogP contribution in [0.5, 0.6) is 0 Å². The van der Waals surface area contributed by atoms with Crippen LogP contribution in [0.25, 0.3) is 0 Å². The monoisotopic (exact) mass is 328 g/mol. The van der Waals surface area contributed by atoms with Crippen LogP contribution in [-0.4, -0.2) is 24.7 Å². The third-order valence-electron chi connectivity index (χ3n) is 2.95. The quantitative estimate of drug-likeness (QED) is 0.836. The van der Waals surface area contributed by atoms with E-state index in [1.165, 1.54) is 12.1 Å². The standard InChI is InChI=1S/C13H17ClN4O2S/c1-10-8-16-18(9-10)5-4-17-21(19,20)12-3-2-11(7-15)13(14)6-12/h2-3,6,8-9,17H,4-5,7,15H2,1H3. The summed E-state index contributed by atoms with van der Waals surface area (Å²) in [4.78, 5) is 0.126. The first kappa shape index (κ1) is 16.0. The molecule has 0 saturated heterocycles. The zero-order chi connectivity index (χ0) is 15.5. The highest BCUT2D eigenvalue weighted by molar-refractivity contribution is 7.89. The van der Waals surface area contributed by atoms with E-state index in [0.717, 1.165) is 5.56 Å². The molecule has 8 heteroatoms. The van der Waals surface area contributed by atoms with Crippen LogP contribution in [0.4, 0.5) is 0 Å². The Hall–Kier alpha value is -1.41. The van der Waals surface area contributed by atoms with Crippen molar-refractivity contribution in [2.24, 2.45) is 5.73 Å². The second-order valence-electron chi connectivity index (χ2n) is 4.64. The molecule has 1 heterocycles. The molecule has 0 saturated carbocycles. The number of nitrogens with zero attached hydrogens (tertiary/aromatic N) is 2. The van der Waals surface area contributed by atoms with Crippen molar-refractivity contribution in [2.75, 3.05) is 6.54 Å². The molecular weight excluding hydrogens is 312 g/mol. The summed E-state index contributed by atoms with van der Waals surface area (Å²) >= 11 is 5.98. The Morgan fingerprint density at radius 3 is 2.76 bits per heavy atom. The van der Waals surface area contributed by atoms with Gasteiger partial charge in [-0.05, 0) is 30.2 Å². The van der Waals surface area contributed by atoms with Crippen molar-refractivity contribution in [1.82, 2.24) is 14.5 Å². The Bertz CT molecular complexity index is 728. The molecule has 114 valence electrons. The van der Waals surface area contributed by atoms with Gasteiger partial charge in [-0.2, -0.15) is 5.10 Å². The molecule has 0 fully saturated rings. The number of benzene rings is 1. The minimum atomic E-state index is -3.59. The molecule has 0 amide bonds. The van der Waals surface area contributed by atoms with E-state index in [0.29, 0.717) is 17.1 Å². The molecule has 0 unspecified atom stereocenters. The lowest BCUT2D eigenvalue weighted by molar-refractivity contribution is 0.561. The number of aromatic nitrogens is 2. The minimum Gasteiger partial charge on any atom is -0.326 e. The molecule has 1 aromatic heterocycles. The first-order valence-corrected chi connectivity index (χ1v) is 8.26. The normalized spacial score (nSPS) is 11.8. The third kappa shape index (κ3) is 4.04. The van der Waals surface area contributed by atoms with Crippen LogP contribution in [0, 0.1) is 6.92 Å². The molecule has 0 spiro atoms. The van der Waals surface area contributed by atoms with Crippen molar-refractivity contribution < 1.29 is 8.42 Å². The summed E-state index contributed by atoms with van der Waals surface area (Å²) in [5, 5.41) is 4.44. The van der Waals surface area contributed by atoms with Gasteiger partial charge in [0, 0.05) is 24.3 Å². The van der Waals surface area contributed by atoms with Crippen LogP contribution in [0.3, 0.4) is 0 Å². The van der Waals surface area contributed by atoms with Gasteiger partial charge in [0.05, 0.1) is 17.6 Å². The van der Waals surface area contributed by atoms with Gasteiger partial charge < -0.3 is 5.73 Å². The maximum atomic E-state index is 12.1. The van der Waals surface area contributed by atoms with Gasteiger partial charge in [-0.15, -0.1) is 0 Å². The van der Waals surface area contributed by atoms with Gasteiger partial charge in [0.25, 0.3) is 0 Å². The van der Waals surface area contributed by atoms with Gasteiger partial charge in [0.2, 0.25) is 10.0 Å². The van der Waals surface area contributed by atoms with Crippen LogP contribution in [0.2, 0.25) is 5.02 Å². The molecule has 0 radical (unpaired) electrons. The summed E-state index contributed by atoms with van der Waals surface area (Å²) in [5.74, 6) is 0. The lowest BCUT2D eigenvalue weighted by atomic mass is 10.2. The highest BCUT2D eigenvalue weighted by Gasteiger charge is 2.15. The smallest absolute Gasteiger partial charge is 0.240 e. The maximum absolute atomic E-state index is 12.1. The Balaban J connectivity index is 2.02. The second kappa shape index (κ2) is 6.57. The van der Waals surface area contributed by atoms with E-state index in [-0.39, 0.29) is 18.0 Å². The van der Waals surface area contributed by atoms with E-state index in [2.05, 4.69) is 9.82 Å². The predicted molar refractivity (Wildman–Crippen MR) is 81.5 cm³/mol. The molecule has 0 aliphatic heterocycles. The molecule has 0 atom stereocenters. The molecule has 6 nitrogen and oxygen atoms in total. The van der Waals surface area contributed by atoms with Gasteiger partial charge >= 0.3 is 0 Å². The molecule has 2 aromatic rings. The Morgan fingerprint density at radius 1 is 1.43 bits per heavy atom. The molecule has 3 N–H and O–H groups in total. The topological polar surface area (TPSA) is 90.0 Å². The Morgan fingerprint density at radius 2 is 2.19 bits per heavy atom. The number of rotatable bonds is 6. The number of nitrogens with two attached hydrogens (primary N) is 1. The highest BCUT2D eigenvalue weighted by atomic mass is 35.5. The average Bonchev–Trinajstić information content (AvgIpc) is 2.84. The van der Waals surface area contributed by atoms with Crippen LogP contribution < -0.4 is 10.5 Å². The van der Waals surface area contributed by atoms with E-state index < -0.39 is 10.0 Å². The van der Waals surface area contributed by atoms with Gasteiger partial charge in [0.15, 0.2) is 0 Å². The van der Waals surface area contributed by atoms with Crippen molar-refractivity contribution in [1.29, 1.82) is 0 Å². The molecule has 21 heavy (non-hydrogen) atoms. The number of hydrogen-bond acceptors (Lipinski definition) is 4. The van der Waals surface area contributed by atoms with Gasteiger partial charge in [-0.3, -0.25) is 4.68 Å². The lowest BCUT2D eigenvalue weighted by Gasteiger charge is -2.09. The Labute approximate surface area is 129 Å². The van der Waals surface area contributed by atoms with Crippen LogP contribution >= 0.6 is 11.6 Å². The number of nitrogens with one attached hydrogen (secondary N) is 1. The highest BCUT2D eigenvalue weighted by Crippen LogP contribution is 2.20. The first-order chi connectivity index (χ1) is 9.92. The van der Waals surface area contributed by atoms with Gasteiger partial charge in [-0.25, -0.2) is 13.1 Å². The van der Waals surface area contributed by atoms with E-state index in [1.54, 1.807) is 16.9 Å². The zero-order valence-electron chi connectivity index (χ0n) is 11.6. The molecule has 0 aliphatic carbocycles. The summed E-state index contributed by atoms with van der Waals surface area (Å²) < 4.78 is 28.5. The number of aryl methyl sites for hydroxylation is 1. The maximum Gasteiger partial charge on any atom is 0.240 e. The van der Waals surface area contributed by atoms with E-state index >= 15 is 0 Å². The largest absolute Gasteiger partial charge is 0.326 e. The fourth-order valence-corrected chi connectivity index (χ4v) is 3.20. The first-order valence-electron chi connectivity index (χ1n) is 6.39. The van der Waals surface area contributed by atoms with Crippen LogP contribution in [-0.2, 0) is 23.1 Å². The Kier molecular flexibility index (Phi) is 5.00. The lowest BCUT2D eigenvalue weighted by Crippen LogP contribution is -2.27. The van der Waals surface area contributed by atoms with E-state index in [9.17, 15) is 8.42 Å². The summed E-state index contributed by atoms with van der Waals surface area (Å²) in [6, 6.07) is 4.52. The average molecular weight is 329 g/mol. The summed E-state index contributed by atoms with van der Waals surface area (Å²) in [5.41, 5.74) is 7.24. The van der Waals surface area contributed by atoms with Crippen molar-refractivity contribution in [3.63, 3.8) is 0 Å². The van der Waals surface area contributed by atoms with E-state index in [4.69, 9.17) is 17.3 Å². The molecule has 0 aliphatic rings. The number of hydrogen-bond donors (Lipinski definition) is 2. The van der Waals surface area contributed by atoms with Crippen molar-refractivity contribution >= 4 is 21.6 Å². The fourth-order valence-electron chi connectivity index (χ4n) is 1.83. The van der Waals surface area contributed by atoms with Crippen molar-refractivity contribution in [3.8, 4) is 0 Å². The van der Waals surface area contributed by atoms with Crippen molar-refractivity contribution in [2.45, 2.75) is 24.9 Å². The summed E-state index contributed by atoms with van der Waals surface area (Å²) in [6.07, 6.45) is 3.57. The number of sulfonamides is 1. The molecule has 1 aromatic carbocycles. The summed E-state index contributed by atoms with van der Waals surface area (Å²) in [7, 11) is -3.59. The summed E-state index contributed by atoms with van der Waals surface area (Å²) in [6.45, 7) is 2.90. The van der Waals surface area contributed by atoms with Crippen molar-refractivity contribution in [3.05, 3.63) is 46.7 Å². The third-order valence-corrected chi connectivity index (χ3v) is 4.76. The number of halogens is 1. The molecule has 0 bridgehead atoms. The fraction of sp³-hybridized carbons (Fsp3) is 0.308.